The lowest BCUT2D eigenvalue weighted by Gasteiger charge is -2.54. The Bertz CT molecular complexity index is 769. The Kier molecular flexibility index (Phi) is 7.43. The molecule has 4 fully saturated rings. The van der Waals surface area contributed by atoms with E-state index >= 15 is 0 Å². The molecule has 0 aromatic carbocycles. The summed E-state index contributed by atoms with van der Waals surface area (Å²) in [6.07, 6.45) is 8.70. The number of carbonyl (C=O) groups excluding carboxylic acids is 1. The Morgan fingerprint density at radius 1 is 1.12 bits per heavy atom. The Hall–Kier alpha value is -2.03. The summed E-state index contributed by atoms with van der Waals surface area (Å²) in [5, 5.41) is 6.89. The lowest BCUT2D eigenvalue weighted by Crippen LogP contribution is -2.69. The number of rotatable bonds is 4. The van der Waals surface area contributed by atoms with Crippen LogP contribution in [0.1, 0.15) is 44.2 Å². The van der Waals surface area contributed by atoms with Gasteiger partial charge in [-0.05, 0) is 63.5 Å². The number of aryl methyl sites for hydroxylation is 1. The van der Waals surface area contributed by atoms with E-state index < -0.39 is 0 Å². The SMILES string of the molecule is Cc1ccc(N2CCN(CC3CC3)C3(CCN(C4CCOCC4)CC3)C2=O)cn1.O=CO. The number of aromatic nitrogens is 1. The number of hydrogen-bond donors (Lipinski definition) is 1. The van der Waals surface area contributed by atoms with E-state index in [0.717, 1.165) is 88.9 Å². The molecule has 4 heterocycles. The van der Waals surface area contributed by atoms with E-state index in [1.165, 1.54) is 12.8 Å². The maximum atomic E-state index is 13.9. The molecule has 4 aliphatic rings. The molecule has 5 rings (SSSR count). The van der Waals surface area contributed by atoms with Gasteiger partial charge in [-0.25, -0.2) is 0 Å². The van der Waals surface area contributed by atoms with Gasteiger partial charge < -0.3 is 19.6 Å². The molecule has 1 aromatic heterocycles. The third-order valence-electron chi connectivity index (χ3n) is 7.56. The van der Waals surface area contributed by atoms with Gasteiger partial charge in [-0.1, -0.05) is 0 Å². The number of piperidine rings is 1. The maximum Gasteiger partial charge on any atom is 0.290 e. The lowest BCUT2D eigenvalue weighted by molar-refractivity contribution is -0.139. The fourth-order valence-electron chi connectivity index (χ4n) is 5.51. The van der Waals surface area contributed by atoms with Gasteiger partial charge in [0, 0.05) is 57.7 Å². The van der Waals surface area contributed by atoms with E-state index in [-0.39, 0.29) is 12.0 Å². The number of likely N-dealkylation sites (tertiary alicyclic amines) is 1. The van der Waals surface area contributed by atoms with E-state index in [1.54, 1.807) is 0 Å². The zero-order valence-corrected chi connectivity index (χ0v) is 19.1. The van der Waals surface area contributed by atoms with Gasteiger partial charge in [-0.15, -0.1) is 0 Å². The van der Waals surface area contributed by atoms with Crippen LogP contribution in [0.2, 0.25) is 0 Å². The van der Waals surface area contributed by atoms with Gasteiger partial charge in [0.05, 0.1) is 11.9 Å². The number of ether oxygens (including phenoxy) is 1. The maximum absolute atomic E-state index is 13.9. The Balaban J connectivity index is 0.000000775. The van der Waals surface area contributed by atoms with Crippen molar-refractivity contribution in [2.45, 2.75) is 57.0 Å². The highest BCUT2D eigenvalue weighted by atomic mass is 16.5. The minimum Gasteiger partial charge on any atom is -0.483 e. The van der Waals surface area contributed by atoms with Crippen molar-refractivity contribution in [1.29, 1.82) is 0 Å². The second-order valence-electron chi connectivity index (χ2n) is 9.52. The zero-order chi connectivity index (χ0) is 22.6. The van der Waals surface area contributed by atoms with Crippen LogP contribution in [0.25, 0.3) is 0 Å². The minimum absolute atomic E-state index is 0.250. The number of pyridine rings is 1. The van der Waals surface area contributed by atoms with Gasteiger partial charge in [0.2, 0.25) is 5.91 Å². The summed E-state index contributed by atoms with van der Waals surface area (Å²) in [5.41, 5.74) is 1.62. The molecule has 1 saturated carbocycles. The van der Waals surface area contributed by atoms with E-state index in [9.17, 15) is 4.79 Å². The first kappa shape index (κ1) is 23.1. The van der Waals surface area contributed by atoms with Crippen molar-refractivity contribution in [2.24, 2.45) is 5.92 Å². The molecule has 1 amide bonds. The first-order valence-corrected chi connectivity index (χ1v) is 12.0. The van der Waals surface area contributed by atoms with Crippen molar-refractivity contribution in [3.63, 3.8) is 0 Å². The number of nitrogens with zero attached hydrogens (tertiary/aromatic N) is 4. The third-order valence-corrected chi connectivity index (χ3v) is 7.56. The van der Waals surface area contributed by atoms with Crippen molar-refractivity contribution in [3.8, 4) is 0 Å². The number of amides is 1. The second-order valence-corrected chi connectivity index (χ2v) is 9.52. The van der Waals surface area contributed by atoms with E-state index in [2.05, 4.69) is 20.9 Å². The topological polar surface area (TPSA) is 86.2 Å². The molecule has 8 heteroatoms. The molecule has 3 aliphatic heterocycles. The molecular formula is C24H36N4O4. The van der Waals surface area contributed by atoms with Crippen molar-refractivity contribution < 1.29 is 19.4 Å². The molecule has 0 atom stereocenters. The first-order valence-electron chi connectivity index (χ1n) is 12.0. The van der Waals surface area contributed by atoms with Crippen LogP contribution in [0.3, 0.4) is 0 Å². The quantitative estimate of drug-likeness (QED) is 0.712. The Morgan fingerprint density at radius 3 is 2.41 bits per heavy atom. The first-order chi connectivity index (χ1) is 15.6. The summed E-state index contributed by atoms with van der Waals surface area (Å²) in [6.45, 7) is 8.42. The fourth-order valence-corrected chi connectivity index (χ4v) is 5.51. The molecule has 32 heavy (non-hydrogen) atoms. The largest absolute Gasteiger partial charge is 0.483 e. The molecule has 176 valence electrons. The monoisotopic (exact) mass is 444 g/mol. The summed E-state index contributed by atoms with van der Waals surface area (Å²) >= 11 is 0. The highest BCUT2D eigenvalue weighted by molar-refractivity contribution is 6.01. The number of anilines is 1. The number of piperazine rings is 1. The van der Waals surface area contributed by atoms with Crippen LogP contribution >= 0.6 is 0 Å². The molecule has 1 aromatic rings. The van der Waals surface area contributed by atoms with E-state index in [0.29, 0.717) is 11.9 Å². The number of hydrogen-bond acceptors (Lipinski definition) is 6. The average molecular weight is 445 g/mol. The molecule has 1 spiro atoms. The van der Waals surface area contributed by atoms with Crippen LogP contribution in [-0.2, 0) is 14.3 Å². The van der Waals surface area contributed by atoms with Crippen molar-refractivity contribution in [1.82, 2.24) is 14.8 Å². The standard InChI is InChI=1S/C23H34N4O2.CH2O2/c1-18-2-5-21(16-24-18)27-13-12-26(17-19-3-4-19)23(22(27)28)8-10-25(11-9-23)20-6-14-29-15-7-20;2-1-3/h2,5,16,19-20H,3-4,6-15,17H2,1H3;1H,(H,2,3). The van der Waals surface area contributed by atoms with Crippen LogP contribution in [-0.4, -0.2) is 89.8 Å². The van der Waals surface area contributed by atoms with Gasteiger partial charge in [-0.2, -0.15) is 0 Å². The molecule has 0 radical (unpaired) electrons. The number of carboxylic acid groups (broad SMARTS) is 1. The van der Waals surface area contributed by atoms with Crippen LogP contribution in [0.5, 0.6) is 0 Å². The number of carbonyl (C=O) groups is 2. The van der Waals surface area contributed by atoms with E-state index in [4.69, 9.17) is 14.6 Å². The van der Waals surface area contributed by atoms with Crippen LogP contribution in [0, 0.1) is 12.8 Å². The van der Waals surface area contributed by atoms with Gasteiger partial charge in [0.1, 0.15) is 5.54 Å². The molecule has 0 unspecified atom stereocenters. The predicted octanol–water partition coefficient (Wildman–Crippen LogP) is 2.16. The van der Waals surface area contributed by atoms with Gasteiger partial charge >= 0.3 is 0 Å². The normalized spacial score (nSPS) is 24.8. The summed E-state index contributed by atoms with van der Waals surface area (Å²) in [5.74, 6) is 1.11. The van der Waals surface area contributed by atoms with Crippen molar-refractivity contribution in [2.75, 3.05) is 50.8 Å². The molecular weight excluding hydrogens is 408 g/mol. The van der Waals surface area contributed by atoms with Gasteiger partial charge in [0.25, 0.3) is 6.47 Å². The highest BCUT2D eigenvalue weighted by Gasteiger charge is 2.52. The summed E-state index contributed by atoms with van der Waals surface area (Å²) < 4.78 is 5.55. The second kappa shape index (κ2) is 10.3. The fraction of sp³-hybridized carbons (Fsp3) is 0.708. The molecule has 8 nitrogen and oxygen atoms in total. The third kappa shape index (κ3) is 4.97. The Labute approximate surface area is 190 Å². The summed E-state index contributed by atoms with van der Waals surface area (Å²) in [7, 11) is 0. The smallest absolute Gasteiger partial charge is 0.290 e. The highest BCUT2D eigenvalue weighted by Crippen LogP contribution is 2.40. The molecule has 0 bridgehead atoms. The molecule has 3 saturated heterocycles. The van der Waals surface area contributed by atoms with Gasteiger partial charge in [-0.3, -0.25) is 19.5 Å². The minimum atomic E-state index is -0.326. The van der Waals surface area contributed by atoms with Gasteiger partial charge in [0.15, 0.2) is 0 Å². The van der Waals surface area contributed by atoms with Crippen molar-refractivity contribution >= 4 is 18.1 Å². The van der Waals surface area contributed by atoms with E-state index in [1.807, 2.05) is 24.1 Å². The lowest BCUT2D eigenvalue weighted by atomic mass is 9.81. The Morgan fingerprint density at radius 2 is 1.81 bits per heavy atom. The average Bonchev–Trinajstić information content (AvgIpc) is 3.64. The van der Waals surface area contributed by atoms with Crippen LogP contribution in [0.15, 0.2) is 18.3 Å². The summed E-state index contributed by atoms with van der Waals surface area (Å²) in [6, 6.07) is 4.70. The van der Waals surface area contributed by atoms with Crippen LogP contribution in [0.4, 0.5) is 5.69 Å². The molecule has 1 N–H and O–H groups in total. The summed E-state index contributed by atoms with van der Waals surface area (Å²) in [4.78, 5) is 33.9. The molecule has 1 aliphatic carbocycles. The van der Waals surface area contributed by atoms with Crippen LogP contribution < -0.4 is 4.90 Å². The predicted molar refractivity (Wildman–Crippen MR) is 122 cm³/mol. The van der Waals surface area contributed by atoms with Crippen molar-refractivity contribution in [3.05, 3.63) is 24.0 Å². The zero-order valence-electron chi connectivity index (χ0n) is 19.1.